The molecule has 0 unspecified atom stereocenters. The van der Waals surface area contributed by atoms with E-state index in [4.69, 9.17) is 34.7 Å². The number of nitrogens with zero attached hydrogens (tertiary/aromatic N) is 5. The highest BCUT2D eigenvalue weighted by molar-refractivity contribution is 7.98. The highest BCUT2D eigenvalue weighted by atomic mass is 32.2. The van der Waals surface area contributed by atoms with Gasteiger partial charge in [-0.2, -0.15) is 44.8 Å². The molecule has 0 atom stereocenters. The first-order valence-corrected chi connectivity index (χ1v) is 13.5. The molecule has 0 aromatic carbocycles. The molecule has 1 aliphatic rings. The number of nitrogens with one attached hydrogen (secondary N) is 2. The fourth-order valence-electron chi connectivity index (χ4n) is 3.23. The number of imidazole rings is 1. The van der Waals surface area contributed by atoms with Gasteiger partial charge in [0.15, 0.2) is 5.82 Å². The second-order valence-electron chi connectivity index (χ2n) is 8.53. The number of hydrogen-bond acceptors (Lipinski definition) is 10. The van der Waals surface area contributed by atoms with Crippen molar-refractivity contribution in [1.82, 2.24) is 24.9 Å². The number of aliphatic carboxylic acids is 3. The Kier molecular flexibility index (Phi) is 12.6. The highest BCUT2D eigenvalue weighted by Crippen LogP contribution is 2.42. The summed E-state index contributed by atoms with van der Waals surface area (Å²) in [5.74, 6) is -6.90. The summed E-state index contributed by atoms with van der Waals surface area (Å²) in [6.07, 6.45) is -8.08. The number of fused-ring (bicyclic) bond motifs is 5. The molecule has 4 aromatic heterocycles. The molecule has 13 nitrogen and oxygen atoms in total. The fourth-order valence-corrected chi connectivity index (χ4v) is 3.76. The number of thioether (sulfide) groups is 1. The normalized spacial score (nSPS) is 11.4. The first-order chi connectivity index (χ1) is 22.6. The van der Waals surface area contributed by atoms with Crippen molar-refractivity contribution in [2.24, 2.45) is 0 Å². The van der Waals surface area contributed by atoms with Gasteiger partial charge in [0.05, 0.1) is 23.1 Å². The van der Waals surface area contributed by atoms with Crippen LogP contribution in [-0.2, 0) is 14.4 Å². The van der Waals surface area contributed by atoms with Crippen LogP contribution in [0.3, 0.4) is 0 Å². The Bertz CT molecular complexity index is 1750. The van der Waals surface area contributed by atoms with Gasteiger partial charge >= 0.3 is 36.4 Å². The van der Waals surface area contributed by atoms with Crippen molar-refractivity contribution in [3.8, 4) is 40.1 Å². The first kappa shape index (κ1) is 39.3. The van der Waals surface area contributed by atoms with E-state index in [1.54, 1.807) is 24.7 Å². The van der Waals surface area contributed by atoms with E-state index < -0.39 is 36.4 Å². The highest BCUT2D eigenvalue weighted by Gasteiger charge is 2.39. The summed E-state index contributed by atoms with van der Waals surface area (Å²) in [6.45, 7) is 0. The molecule has 0 saturated carbocycles. The number of hydrogen-bond donors (Lipinski definition) is 5. The zero-order chi connectivity index (χ0) is 37.3. The van der Waals surface area contributed by atoms with Gasteiger partial charge in [-0.3, -0.25) is 4.98 Å². The number of carbonyl (C=O) groups is 3. The van der Waals surface area contributed by atoms with Crippen LogP contribution in [0, 0.1) is 11.3 Å². The van der Waals surface area contributed by atoms with Crippen LogP contribution in [0.1, 0.15) is 5.56 Å². The van der Waals surface area contributed by atoms with Crippen LogP contribution in [0.2, 0.25) is 0 Å². The number of rotatable bonds is 2. The molecule has 49 heavy (non-hydrogen) atoms. The van der Waals surface area contributed by atoms with Crippen LogP contribution in [0.25, 0.3) is 34.0 Å². The third-order valence-corrected chi connectivity index (χ3v) is 5.95. The van der Waals surface area contributed by atoms with Gasteiger partial charge in [-0.1, -0.05) is 0 Å². The Balaban J connectivity index is 0.000000325. The minimum absolute atomic E-state index is 0.555. The molecule has 0 fully saturated rings. The molecule has 0 radical (unpaired) electrons. The number of alkyl halides is 9. The van der Waals surface area contributed by atoms with Crippen molar-refractivity contribution in [2.45, 2.75) is 23.6 Å². The van der Waals surface area contributed by atoms with Gasteiger partial charge in [0.1, 0.15) is 28.3 Å². The standard InChI is InChI=1S/C20H13N7S.3C2HF3O2/c1-28-20-11(9-21)4-5-14(25-20)19-26-16-12-6-8-22-10-15(12)24-18-13(17(16)27-19)3-2-7-23-18;3*3-2(4,5)1(6)7/h2-8,10H,1H3,(H,23,24)(H,26,27);3*(H,6,7). The average Bonchev–Trinajstić information content (AvgIpc) is 3.41. The summed E-state index contributed by atoms with van der Waals surface area (Å²) < 4.78 is 95.2. The maximum absolute atomic E-state index is 10.6. The summed E-state index contributed by atoms with van der Waals surface area (Å²) in [4.78, 5) is 48.2. The number of nitriles is 1. The third-order valence-electron chi connectivity index (χ3n) is 5.25. The molecule has 5 N–H and O–H groups in total. The van der Waals surface area contributed by atoms with Gasteiger partial charge in [0, 0.05) is 23.5 Å². The monoisotopic (exact) mass is 725 g/mol. The summed E-state index contributed by atoms with van der Waals surface area (Å²) >= 11 is 1.44. The second-order valence-corrected chi connectivity index (χ2v) is 9.32. The van der Waals surface area contributed by atoms with Crippen LogP contribution in [-0.4, -0.2) is 82.9 Å². The number of aromatic nitrogens is 5. The Morgan fingerprint density at radius 2 is 1.37 bits per heavy atom. The summed E-state index contributed by atoms with van der Waals surface area (Å²) in [7, 11) is 0. The zero-order valence-corrected chi connectivity index (χ0v) is 24.5. The minimum Gasteiger partial charge on any atom is -0.475 e. The molecule has 0 bridgehead atoms. The van der Waals surface area contributed by atoms with E-state index in [2.05, 4.69) is 31.3 Å². The minimum atomic E-state index is -5.08. The molecule has 1 aliphatic heterocycles. The van der Waals surface area contributed by atoms with Crippen LogP contribution in [0.15, 0.2) is 53.9 Å². The quantitative estimate of drug-likeness (QED) is 0.102. The van der Waals surface area contributed by atoms with Crippen LogP contribution < -0.4 is 5.32 Å². The van der Waals surface area contributed by atoms with E-state index in [1.165, 1.54) is 11.8 Å². The summed E-state index contributed by atoms with van der Waals surface area (Å²) in [6, 6.07) is 11.6. The number of carboxylic acids is 3. The lowest BCUT2D eigenvalue weighted by Gasteiger charge is -2.08. The molecule has 0 amide bonds. The Morgan fingerprint density at radius 3 is 1.86 bits per heavy atom. The topological polar surface area (TPSA) is 215 Å². The van der Waals surface area contributed by atoms with Crippen molar-refractivity contribution in [2.75, 3.05) is 11.6 Å². The molecule has 260 valence electrons. The predicted octanol–water partition coefficient (Wildman–Crippen LogP) is 6.15. The lowest BCUT2D eigenvalue weighted by Crippen LogP contribution is -2.21. The number of H-pyrrole nitrogens is 1. The first-order valence-electron chi connectivity index (χ1n) is 12.2. The fraction of sp³-hybridized carbons (Fsp3) is 0.154. The van der Waals surface area contributed by atoms with E-state index in [0.29, 0.717) is 22.1 Å². The Morgan fingerprint density at radius 1 is 0.816 bits per heavy atom. The van der Waals surface area contributed by atoms with E-state index in [0.717, 1.165) is 34.0 Å². The Hall–Kier alpha value is -5.92. The maximum atomic E-state index is 10.6. The van der Waals surface area contributed by atoms with Crippen LogP contribution in [0.5, 0.6) is 0 Å². The van der Waals surface area contributed by atoms with Crippen LogP contribution in [0.4, 0.5) is 51.0 Å². The van der Waals surface area contributed by atoms with E-state index in [9.17, 15) is 44.8 Å². The third kappa shape index (κ3) is 10.8. The molecule has 0 aliphatic carbocycles. The number of pyridine rings is 3. The molecule has 5 rings (SSSR count). The van der Waals surface area contributed by atoms with Gasteiger partial charge in [0.2, 0.25) is 0 Å². The molecular weight excluding hydrogens is 709 g/mol. The summed E-state index contributed by atoms with van der Waals surface area (Å²) in [5.41, 5.74) is 5.63. The van der Waals surface area contributed by atoms with Gasteiger partial charge in [-0.05, 0) is 36.6 Å². The SMILES string of the molecule is CSc1nc(-c2nc3c([nH]2)-c2ccncc2Nc2ncccc2-3)ccc1C#N.O=C(O)C(F)(F)F.O=C(O)C(F)(F)F.O=C(O)C(F)(F)F. The summed E-state index contributed by atoms with van der Waals surface area (Å²) in [5, 5.41) is 34.6. The predicted molar refractivity (Wildman–Crippen MR) is 149 cm³/mol. The number of anilines is 2. The molecular formula is C26H16F9N7O6S. The van der Waals surface area contributed by atoms with Crippen molar-refractivity contribution in [3.05, 3.63) is 54.5 Å². The second kappa shape index (κ2) is 15.8. The maximum Gasteiger partial charge on any atom is 0.490 e. The lowest BCUT2D eigenvalue weighted by atomic mass is 10.1. The smallest absolute Gasteiger partial charge is 0.475 e. The number of halogens is 9. The van der Waals surface area contributed by atoms with Crippen molar-refractivity contribution >= 4 is 41.2 Å². The van der Waals surface area contributed by atoms with E-state index >= 15 is 0 Å². The lowest BCUT2D eigenvalue weighted by molar-refractivity contribution is -0.193. The average molecular weight is 726 g/mol. The van der Waals surface area contributed by atoms with Crippen molar-refractivity contribution in [1.29, 1.82) is 5.26 Å². The molecule has 4 aromatic rings. The van der Waals surface area contributed by atoms with E-state index in [-0.39, 0.29) is 0 Å². The molecule has 23 heteroatoms. The molecule has 0 saturated heterocycles. The number of aromatic amines is 1. The Labute approximate surface area is 270 Å². The van der Waals surface area contributed by atoms with Gasteiger partial charge in [-0.15, -0.1) is 11.8 Å². The van der Waals surface area contributed by atoms with Crippen molar-refractivity contribution in [3.63, 3.8) is 0 Å². The zero-order valence-electron chi connectivity index (χ0n) is 23.7. The largest absolute Gasteiger partial charge is 0.490 e. The van der Waals surface area contributed by atoms with Gasteiger partial charge in [-0.25, -0.2) is 29.3 Å². The van der Waals surface area contributed by atoms with E-state index in [1.807, 2.05) is 30.5 Å². The van der Waals surface area contributed by atoms with Crippen molar-refractivity contribution < 1.29 is 69.2 Å². The molecule has 0 spiro atoms. The van der Waals surface area contributed by atoms with Gasteiger partial charge in [0.25, 0.3) is 0 Å². The van der Waals surface area contributed by atoms with Crippen LogP contribution >= 0.6 is 11.8 Å². The number of carboxylic acid groups (broad SMARTS) is 3. The molecule has 5 heterocycles. The van der Waals surface area contributed by atoms with Gasteiger partial charge < -0.3 is 25.6 Å².